The number of methoxy groups -OCH3 is 1. The van der Waals surface area contributed by atoms with Crippen LogP contribution in [0, 0.1) is 0 Å². The first kappa shape index (κ1) is 28.3. The zero-order chi connectivity index (χ0) is 29.9. The normalized spacial score (nSPS) is 11.6. The van der Waals surface area contributed by atoms with Crippen LogP contribution < -0.4 is 20.6 Å². The number of carbonyl (C=O) groups is 2. The molecular weight excluding hydrogens is 573 g/mol. The van der Waals surface area contributed by atoms with E-state index >= 15 is 0 Å². The number of amides is 2. The first-order valence-corrected chi connectivity index (χ1v) is 13.1. The van der Waals surface area contributed by atoms with Crippen LogP contribution in [0.15, 0.2) is 77.2 Å². The highest BCUT2D eigenvalue weighted by atomic mass is 32.1. The van der Waals surface area contributed by atoms with Gasteiger partial charge in [0.2, 0.25) is 0 Å². The van der Waals surface area contributed by atoms with Gasteiger partial charge < -0.3 is 15.2 Å². The van der Waals surface area contributed by atoms with E-state index in [0.29, 0.717) is 32.0 Å². The van der Waals surface area contributed by atoms with Crippen molar-refractivity contribution in [2.45, 2.75) is 12.8 Å². The molecule has 2 aromatic carbocycles. The maximum atomic E-state index is 13.8. The largest absolute Gasteiger partial charge is 0.496 e. The molecule has 0 aliphatic carbocycles. The van der Waals surface area contributed by atoms with Gasteiger partial charge in [0.25, 0.3) is 11.8 Å². The summed E-state index contributed by atoms with van der Waals surface area (Å²) in [5, 5.41) is 9.46. The molecule has 5 aromatic rings. The Kier molecular flexibility index (Phi) is 7.88. The Bertz CT molecular complexity index is 1800. The van der Waals surface area contributed by atoms with Crippen molar-refractivity contribution < 1.29 is 32.2 Å². The number of alkyl halides is 3. The van der Waals surface area contributed by atoms with Crippen molar-refractivity contribution in [3.05, 3.63) is 100 Å². The Morgan fingerprint density at radius 2 is 1.90 bits per heavy atom. The smallest absolute Gasteiger partial charge is 0.433 e. The number of halogens is 3. The van der Waals surface area contributed by atoms with Gasteiger partial charge in [-0.15, -0.1) is 11.3 Å². The number of thiophene rings is 1. The molecule has 0 saturated carbocycles. The third-order valence-electron chi connectivity index (χ3n) is 5.94. The van der Waals surface area contributed by atoms with E-state index in [1.54, 1.807) is 60.0 Å². The van der Waals surface area contributed by atoms with Crippen molar-refractivity contribution >= 4 is 35.0 Å². The number of ether oxygens (including phenoxy) is 2. The summed E-state index contributed by atoms with van der Waals surface area (Å²) in [6.45, 7) is 0.0325. The number of benzene rings is 2. The van der Waals surface area contributed by atoms with Gasteiger partial charge in [0.15, 0.2) is 17.0 Å². The predicted octanol–water partition coefficient (Wildman–Crippen LogP) is 4.93. The van der Waals surface area contributed by atoms with Crippen LogP contribution in [0.1, 0.15) is 37.7 Å². The highest BCUT2D eigenvalue weighted by Crippen LogP contribution is 2.33. The summed E-state index contributed by atoms with van der Waals surface area (Å²) in [4.78, 5) is 29.2. The molecule has 42 heavy (non-hydrogen) atoms. The van der Waals surface area contributed by atoms with Gasteiger partial charge >= 0.3 is 6.18 Å². The number of rotatable bonds is 9. The molecule has 3 N–H and O–H groups in total. The Morgan fingerprint density at radius 1 is 1.10 bits per heavy atom. The zero-order valence-electron chi connectivity index (χ0n) is 21.8. The Balaban J connectivity index is 1.33. The second-order valence-electron chi connectivity index (χ2n) is 8.72. The lowest BCUT2D eigenvalue weighted by Crippen LogP contribution is -2.19. The molecule has 0 spiro atoms. The van der Waals surface area contributed by atoms with Gasteiger partial charge in [-0.05, 0) is 53.4 Å². The lowest BCUT2D eigenvalue weighted by Gasteiger charge is -2.12. The molecule has 0 atom stereocenters. The van der Waals surface area contributed by atoms with Crippen LogP contribution >= 0.6 is 11.3 Å². The van der Waals surface area contributed by atoms with Crippen molar-refractivity contribution in [3.63, 3.8) is 0 Å². The van der Waals surface area contributed by atoms with Crippen LogP contribution in [0.5, 0.6) is 11.5 Å². The number of hydrazone groups is 1. The predicted molar refractivity (Wildman–Crippen MR) is 149 cm³/mol. The summed E-state index contributed by atoms with van der Waals surface area (Å²) in [7, 11) is 1.49. The van der Waals surface area contributed by atoms with Gasteiger partial charge in [0, 0.05) is 11.6 Å². The van der Waals surface area contributed by atoms with Gasteiger partial charge in [-0.1, -0.05) is 18.2 Å². The number of primary amides is 1. The summed E-state index contributed by atoms with van der Waals surface area (Å²) in [5.74, 6) is -0.653. The summed E-state index contributed by atoms with van der Waals surface area (Å²) in [6.07, 6.45) is -3.40. The number of carbonyl (C=O) groups excluding carboxylic acids is 2. The number of nitrogens with one attached hydrogen (secondary N) is 1. The van der Waals surface area contributed by atoms with Gasteiger partial charge in [-0.2, -0.15) is 23.4 Å². The monoisotopic (exact) mass is 594 g/mol. The number of hydrogen-bond acceptors (Lipinski definition) is 8. The molecule has 214 valence electrons. The van der Waals surface area contributed by atoms with E-state index in [4.69, 9.17) is 15.2 Å². The van der Waals surface area contributed by atoms with Gasteiger partial charge in [0.05, 0.1) is 29.5 Å². The minimum absolute atomic E-state index is 0.0325. The molecule has 10 nitrogen and oxygen atoms in total. The molecule has 0 fully saturated rings. The van der Waals surface area contributed by atoms with Gasteiger partial charge in [0.1, 0.15) is 18.1 Å². The molecular formula is C28H21F3N6O4S. The lowest BCUT2D eigenvalue weighted by molar-refractivity contribution is -0.142. The molecule has 0 aliphatic rings. The summed E-state index contributed by atoms with van der Waals surface area (Å²) >= 11 is 1.24. The molecule has 0 bridgehead atoms. The molecule has 0 unspecified atom stereocenters. The first-order chi connectivity index (χ1) is 20.1. The number of nitrogens with zero attached hydrogens (tertiary/aromatic N) is 4. The Morgan fingerprint density at radius 3 is 2.62 bits per heavy atom. The molecule has 3 aromatic heterocycles. The van der Waals surface area contributed by atoms with Crippen LogP contribution in [0.4, 0.5) is 13.2 Å². The summed E-state index contributed by atoms with van der Waals surface area (Å²) in [5.41, 5.74) is 7.67. The van der Waals surface area contributed by atoms with Gasteiger partial charge in [-0.25, -0.2) is 14.9 Å². The lowest BCUT2D eigenvalue weighted by atomic mass is 10.1. The first-order valence-electron chi connectivity index (χ1n) is 12.2. The molecule has 3 heterocycles. The maximum Gasteiger partial charge on any atom is 0.433 e. The molecule has 5 rings (SSSR count). The SMILES string of the molecule is COc1ccc(/C=N/NC(=O)c2cc3nc(-c4cccs4)cc(C(F)(F)F)n3n2)cc1COc1ccccc1C(N)=O. The van der Waals surface area contributed by atoms with E-state index < -0.39 is 23.7 Å². The Labute approximate surface area is 240 Å². The minimum Gasteiger partial charge on any atom is -0.496 e. The van der Waals surface area contributed by atoms with E-state index in [2.05, 4.69) is 20.6 Å². The van der Waals surface area contributed by atoms with Crippen LogP contribution in [0.3, 0.4) is 0 Å². The number of para-hydroxylation sites is 1. The van der Waals surface area contributed by atoms with Crippen LogP contribution in [-0.2, 0) is 12.8 Å². The molecule has 2 amide bonds. The summed E-state index contributed by atoms with van der Waals surface area (Å²) < 4.78 is 53.1. The Hall–Kier alpha value is -5.24. The number of aromatic nitrogens is 3. The van der Waals surface area contributed by atoms with E-state index in [0.717, 1.165) is 12.1 Å². The van der Waals surface area contributed by atoms with Crippen molar-refractivity contribution in [2.24, 2.45) is 10.8 Å². The minimum atomic E-state index is -4.73. The van der Waals surface area contributed by atoms with Crippen molar-refractivity contribution in [2.75, 3.05) is 7.11 Å². The average molecular weight is 595 g/mol. The van der Waals surface area contributed by atoms with E-state index in [-0.39, 0.29) is 29.2 Å². The van der Waals surface area contributed by atoms with Crippen LogP contribution in [0.25, 0.3) is 16.2 Å². The van der Waals surface area contributed by atoms with Crippen LogP contribution in [0.2, 0.25) is 0 Å². The number of nitrogens with two attached hydrogens (primary N) is 1. The van der Waals surface area contributed by atoms with E-state index in [1.165, 1.54) is 24.7 Å². The van der Waals surface area contributed by atoms with Crippen molar-refractivity contribution in [1.29, 1.82) is 0 Å². The second-order valence-corrected chi connectivity index (χ2v) is 9.67. The third-order valence-corrected chi connectivity index (χ3v) is 6.84. The molecule has 0 saturated heterocycles. The quantitative estimate of drug-likeness (QED) is 0.184. The fourth-order valence-electron chi connectivity index (χ4n) is 4.00. The maximum absolute atomic E-state index is 13.8. The zero-order valence-corrected chi connectivity index (χ0v) is 22.6. The molecule has 0 aliphatic heterocycles. The highest BCUT2D eigenvalue weighted by molar-refractivity contribution is 7.13. The second kappa shape index (κ2) is 11.7. The van der Waals surface area contributed by atoms with Crippen molar-refractivity contribution in [3.8, 4) is 22.1 Å². The highest BCUT2D eigenvalue weighted by Gasteiger charge is 2.35. The third kappa shape index (κ3) is 6.07. The molecule has 0 radical (unpaired) electrons. The van der Waals surface area contributed by atoms with Crippen LogP contribution in [-0.4, -0.2) is 39.7 Å². The fourth-order valence-corrected chi connectivity index (χ4v) is 4.69. The standard InChI is InChI=1S/C28H21F3N6O4S/c1-40-21-9-8-16(11-17(21)15-41-22-6-3-2-5-18(22)26(32)38)14-33-35-27(39)20-13-25-34-19(23-7-4-10-42-23)12-24(28(29,30)31)37(25)36-20/h2-14H,15H2,1H3,(H2,32,38)(H,35,39)/b33-14+. The topological polar surface area (TPSA) is 133 Å². The number of hydrogen-bond donors (Lipinski definition) is 2. The summed E-state index contributed by atoms with van der Waals surface area (Å²) in [6, 6.07) is 17.0. The molecule has 14 heteroatoms. The fraction of sp³-hybridized carbons (Fsp3) is 0.107. The van der Waals surface area contributed by atoms with Crippen molar-refractivity contribution in [1.82, 2.24) is 20.0 Å². The van der Waals surface area contributed by atoms with E-state index in [1.807, 2.05) is 0 Å². The average Bonchev–Trinajstić information content (AvgIpc) is 3.66. The number of fused-ring (bicyclic) bond motifs is 1. The van der Waals surface area contributed by atoms with Gasteiger partial charge in [-0.3, -0.25) is 9.59 Å². The van der Waals surface area contributed by atoms with E-state index in [9.17, 15) is 22.8 Å².